The normalized spacial score (nSPS) is 12.5. The lowest BCUT2D eigenvalue weighted by molar-refractivity contribution is 0.660. The molecule has 2 aromatic heterocycles. The van der Waals surface area contributed by atoms with Crippen LogP contribution >= 0.6 is 0 Å². The minimum atomic E-state index is -0.0914. The Hall–Kier alpha value is -7.30. The van der Waals surface area contributed by atoms with Crippen LogP contribution in [-0.4, -0.2) is 19.9 Å². The van der Waals surface area contributed by atoms with Crippen LogP contribution < -0.4 is 0 Å². The van der Waals surface area contributed by atoms with Crippen molar-refractivity contribution in [3.63, 3.8) is 0 Å². The van der Waals surface area contributed by atoms with Crippen molar-refractivity contribution in [2.45, 2.75) is 19.3 Å². The second-order valence-corrected chi connectivity index (χ2v) is 15.3. The van der Waals surface area contributed by atoms with Crippen molar-refractivity contribution in [2.24, 2.45) is 0 Å². The summed E-state index contributed by atoms with van der Waals surface area (Å²) in [5, 5.41) is 0. The molecule has 0 fully saturated rings. The highest BCUT2D eigenvalue weighted by Gasteiger charge is 2.35. The van der Waals surface area contributed by atoms with Gasteiger partial charge in [0.2, 0.25) is 0 Å². The first-order valence-electron chi connectivity index (χ1n) is 19.3. The van der Waals surface area contributed by atoms with Gasteiger partial charge in [0.25, 0.3) is 0 Å². The molecule has 0 spiro atoms. The van der Waals surface area contributed by atoms with Gasteiger partial charge < -0.3 is 0 Å². The molecule has 57 heavy (non-hydrogen) atoms. The summed E-state index contributed by atoms with van der Waals surface area (Å²) >= 11 is 0. The predicted molar refractivity (Wildman–Crippen MR) is 233 cm³/mol. The van der Waals surface area contributed by atoms with E-state index in [1.807, 2.05) is 24.8 Å². The number of hydrogen-bond acceptors (Lipinski definition) is 4. The molecule has 7 aromatic carbocycles. The Bertz CT molecular complexity index is 2790. The van der Waals surface area contributed by atoms with Crippen LogP contribution in [0.4, 0.5) is 0 Å². The van der Waals surface area contributed by atoms with Crippen LogP contribution in [0.15, 0.2) is 195 Å². The SMILES string of the molecule is CC1(C)c2ccccc2-c2ccc(-c3cc(-c4cccc(-c5cccc(-c6cncnc6)c5)c4)cc(-c4cccc(-c5cccc(-c6cncnc6)c5)c4)c3)cc21. The van der Waals surface area contributed by atoms with Crippen LogP contribution in [0.2, 0.25) is 0 Å². The van der Waals surface area contributed by atoms with E-state index in [2.05, 4.69) is 192 Å². The van der Waals surface area contributed by atoms with E-state index < -0.39 is 0 Å². The maximum atomic E-state index is 4.24. The van der Waals surface area contributed by atoms with Gasteiger partial charge in [0.05, 0.1) is 0 Å². The van der Waals surface area contributed by atoms with Gasteiger partial charge >= 0.3 is 0 Å². The van der Waals surface area contributed by atoms with Crippen molar-refractivity contribution in [2.75, 3.05) is 0 Å². The minimum Gasteiger partial charge on any atom is -0.244 e. The van der Waals surface area contributed by atoms with Gasteiger partial charge in [-0.05, 0) is 138 Å². The number of nitrogens with zero attached hydrogens (tertiary/aromatic N) is 4. The average molecular weight is 731 g/mol. The van der Waals surface area contributed by atoms with E-state index in [4.69, 9.17) is 0 Å². The molecule has 0 N–H and O–H groups in total. The molecule has 0 atom stereocenters. The first-order chi connectivity index (χ1) is 28.0. The van der Waals surface area contributed by atoms with E-state index in [0.29, 0.717) is 0 Å². The number of hydrogen-bond donors (Lipinski definition) is 0. The predicted octanol–water partition coefficient (Wildman–Crippen LogP) is 13.2. The van der Waals surface area contributed by atoms with Gasteiger partial charge in [0.15, 0.2) is 0 Å². The topological polar surface area (TPSA) is 51.6 Å². The third-order valence-corrected chi connectivity index (χ3v) is 11.4. The van der Waals surface area contributed by atoms with Crippen molar-refractivity contribution in [1.29, 1.82) is 0 Å². The maximum absolute atomic E-state index is 4.24. The molecule has 0 bridgehead atoms. The van der Waals surface area contributed by atoms with Gasteiger partial charge in [0, 0.05) is 41.3 Å². The van der Waals surface area contributed by atoms with Gasteiger partial charge in [-0.3, -0.25) is 0 Å². The monoisotopic (exact) mass is 730 g/mol. The fourth-order valence-electron chi connectivity index (χ4n) is 8.42. The molecule has 4 heteroatoms. The highest BCUT2D eigenvalue weighted by Crippen LogP contribution is 2.50. The van der Waals surface area contributed by atoms with E-state index >= 15 is 0 Å². The van der Waals surface area contributed by atoms with E-state index in [1.54, 1.807) is 12.7 Å². The molecule has 0 unspecified atom stereocenters. The molecule has 1 aliphatic rings. The lowest BCUT2D eigenvalue weighted by Gasteiger charge is -2.22. The Balaban J connectivity index is 1.10. The van der Waals surface area contributed by atoms with Gasteiger partial charge in [-0.2, -0.15) is 0 Å². The number of rotatable bonds is 7. The summed E-state index contributed by atoms with van der Waals surface area (Å²) in [6.45, 7) is 4.69. The maximum Gasteiger partial charge on any atom is 0.115 e. The zero-order chi connectivity index (χ0) is 38.3. The van der Waals surface area contributed by atoms with Crippen molar-refractivity contribution in [3.8, 4) is 89.0 Å². The van der Waals surface area contributed by atoms with Gasteiger partial charge in [0.1, 0.15) is 12.7 Å². The quantitative estimate of drug-likeness (QED) is 0.164. The molecule has 1 aliphatic carbocycles. The molecule has 0 radical (unpaired) electrons. The Morgan fingerprint density at radius 3 is 1.05 bits per heavy atom. The molecule has 10 rings (SSSR count). The Kier molecular flexibility index (Phi) is 8.45. The second kappa shape index (κ2) is 14.1. The van der Waals surface area contributed by atoms with Crippen molar-refractivity contribution in [3.05, 3.63) is 206 Å². The summed E-state index contributed by atoms with van der Waals surface area (Å²) in [7, 11) is 0. The molecule has 0 saturated heterocycles. The summed E-state index contributed by atoms with van der Waals surface area (Å²) in [6, 6.07) is 57.9. The zero-order valence-electron chi connectivity index (χ0n) is 31.8. The summed E-state index contributed by atoms with van der Waals surface area (Å²) in [5.41, 5.74) is 21.1. The first kappa shape index (κ1) is 34.2. The second-order valence-electron chi connectivity index (χ2n) is 15.3. The average Bonchev–Trinajstić information content (AvgIpc) is 3.52. The van der Waals surface area contributed by atoms with Crippen molar-refractivity contribution < 1.29 is 0 Å². The standard InChI is InChI=1S/C53H38N4/c1-53(2)51-18-4-3-17-49(51)50-20-19-43(28-52(50)53)46-26-44(39-13-5-9-35(21-39)37-11-7-15-41(23-37)47-29-54-33-55-30-47)25-45(27-46)40-14-6-10-36(22-40)38-12-8-16-42(24-38)48-31-56-34-57-32-48/h3-34H,1-2H3. The smallest absolute Gasteiger partial charge is 0.115 e. The fourth-order valence-corrected chi connectivity index (χ4v) is 8.42. The van der Waals surface area contributed by atoms with Crippen LogP contribution in [0.3, 0.4) is 0 Å². The zero-order valence-corrected chi connectivity index (χ0v) is 31.8. The summed E-state index contributed by atoms with van der Waals surface area (Å²) in [4.78, 5) is 17.0. The minimum absolute atomic E-state index is 0.0914. The number of benzene rings is 7. The van der Waals surface area contributed by atoms with Gasteiger partial charge in [-0.25, -0.2) is 19.9 Å². The molecular weight excluding hydrogens is 693 g/mol. The van der Waals surface area contributed by atoms with E-state index in [0.717, 1.165) is 66.8 Å². The molecule has 9 aromatic rings. The molecular formula is C53H38N4. The first-order valence-corrected chi connectivity index (χ1v) is 19.3. The van der Waals surface area contributed by atoms with E-state index in [-0.39, 0.29) is 5.41 Å². The summed E-state index contributed by atoms with van der Waals surface area (Å²) < 4.78 is 0. The van der Waals surface area contributed by atoms with Crippen molar-refractivity contribution >= 4 is 0 Å². The third kappa shape index (κ3) is 6.41. The number of aromatic nitrogens is 4. The molecule has 2 heterocycles. The molecule has 0 saturated carbocycles. The van der Waals surface area contributed by atoms with Crippen LogP contribution in [-0.2, 0) is 5.41 Å². The van der Waals surface area contributed by atoms with Crippen LogP contribution in [0.5, 0.6) is 0 Å². The van der Waals surface area contributed by atoms with Crippen LogP contribution in [0.1, 0.15) is 25.0 Å². The highest BCUT2D eigenvalue weighted by atomic mass is 14.8. The largest absolute Gasteiger partial charge is 0.244 e. The van der Waals surface area contributed by atoms with Gasteiger partial charge in [-0.15, -0.1) is 0 Å². The lowest BCUT2D eigenvalue weighted by atomic mass is 9.81. The third-order valence-electron chi connectivity index (χ3n) is 11.4. The van der Waals surface area contributed by atoms with E-state index in [1.165, 1.54) is 33.4 Å². The van der Waals surface area contributed by atoms with E-state index in [9.17, 15) is 0 Å². The summed E-state index contributed by atoms with van der Waals surface area (Å²) in [6.07, 6.45) is 10.6. The highest BCUT2D eigenvalue weighted by molar-refractivity contribution is 5.88. The van der Waals surface area contributed by atoms with Gasteiger partial charge in [-0.1, -0.05) is 123 Å². The fraction of sp³-hybridized carbons (Fsp3) is 0.0566. The molecule has 4 nitrogen and oxygen atoms in total. The van der Waals surface area contributed by atoms with Crippen LogP contribution in [0.25, 0.3) is 89.0 Å². The number of fused-ring (bicyclic) bond motifs is 3. The van der Waals surface area contributed by atoms with Crippen molar-refractivity contribution in [1.82, 2.24) is 19.9 Å². The molecule has 0 amide bonds. The molecule has 0 aliphatic heterocycles. The lowest BCUT2D eigenvalue weighted by Crippen LogP contribution is -2.14. The molecule has 270 valence electrons. The Labute approximate surface area is 333 Å². The Morgan fingerprint density at radius 2 is 0.614 bits per heavy atom. The van der Waals surface area contributed by atoms with Crippen LogP contribution in [0, 0.1) is 0 Å². The summed E-state index contributed by atoms with van der Waals surface area (Å²) in [5.74, 6) is 0. The Morgan fingerprint density at radius 1 is 0.281 bits per heavy atom.